The maximum Gasteiger partial charge on any atom is 0.278 e. The summed E-state index contributed by atoms with van der Waals surface area (Å²) in [6, 6.07) is 6.06. The average Bonchev–Trinajstić information content (AvgIpc) is 3.29. The normalized spacial score (nSPS) is 22.4. The number of carbonyl (C=O) groups excluding carboxylic acids is 1. The molecule has 1 aliphatic heterocycles. The van der Waals surface area contributed by atoms with Crippen LogP contribution in [0.2, 0.25) is 0 Å². The summed E-state index contributed by atoms with van der Waals surface area (Å²) in [6.07, 6.45) is 3.72. The minimum absolute atomic E-state index is 0.105. The number of aromatic nitrogens is 3. The van der Waals surface area contributed by atoms with Gasteiger partial charge < -0.3 is 15.1 Å². The van der Waals surface area contributed by atoms with Crippen molar-refractivity contribution in [3.63, 3.8) is 0 Å². The molecule has 3 heterocycles. The first kappa shape index (κ1) is 22.5. The third kappa shape index (κ3) is 3.46. The summed E-state index contributed by atoms with van der Waals surface area (Å²) in [5.41, 5.74) is -0.493. The zero-order chi connectivity index (χ0) is 24.2. The summed E-state index contributed by atoms with van der Waals surface area (Å²) >= 11 is 1.20. The first-order valence-electron chi connectivity index (χ1n) is 11.0. The highest BCUT2D eigenvalue weighted by Gasteiger charge is 2.49. The lowest BCUT2D eigenvalue weighted by Gasteiger charge is -2.55. The van der Waals surface area contributed by atoms with Crippen LogP contribution in [-0.2, 0) is 6.42 Å². The highest BCUT2D eigenvalue weighted by Crippen LogP contribution is 2.40. The summed E-state index contributed by atoms with van der Waals surface area (Å²) in [7, 11) is 3.46. The zero-order valence-corrected chi connectivity index (χ0v) is 19.5. The van der Waals surface area contributed by atoms with E-state index in [0.29, 0.717) is 42.1 Å². The summed E-state index contributed by atoms with van der Waals surface area (Å²) in [4.78, 5) is 27.8. The third-order valence-electron chi connectivity index (χ3n) is 6.94. The van der Waals surface area contributed by atoms with Crippen LogP contribution in [0.15, 0.2) is 35.3 Å². The van der Waals surface area contributed by atoms with E-state index in [1.165, 1.54) is 34.3 Å². The number of fused-ring (bicyclic) bond motifs is 1. The molecule has 178 valence electrons. The van der Waals surface area contributed by atoms with E-state index in [4.69, 9.17) is 0 Å². The molecular weight excluding hydrogens is 461 g/mol. The molecule has 11 heteroatoms. The Balaban J connectivity index is 1.54. The van der Waals surface area contributed by atoms with Gasteiger partial charge in [0.05, 0.1) is 11.7 Å². The molecule has 0 radical (unpaired) electrons. The summed E-state index contributed by atoms with van der Waals surface area (Å²) < 4.78 is 14.7. The Bertz CT molecular complexity index is 1310. The zero-order valence-electron chi connectivity index (χ0n) is 18.7. The number of hydrogen-bond donors (Lipinski definition) is 2. The van der Waals surface area contributed by atoms with E-state index in [2.05, 4.69) is 10.2 Å². The number of benzene rings is 1. The summed E-state index contributed by atoms with van der Waals surface area (Å²) in [6.45, 7) is 0. The van der Waals surface area contributed by atoms with Gasteiger partial charge in [-0.05, 0) is 43.4 Å². The molecule has 0 unspecified atom stereocenters. The molecule has 1 spiro atoms. The molecular formula is C23H24FN5O4S. The average molecular weight is 486 g/mol. The molecule has 0 atom stereocenters. The second-order valence-electron chi connectivity index (χ2n) is 8.82. The van der Waals surface area contributed by atoms with Crippen LogP contribution >= 0.6 is 11.3 Å². The molecule has 9 nitrogen and oxygen atoms in total. The molecule has 1 aromatic carbocycles. The van der Waals surface area contributed by atoms with Gasteiger partial charge in [0.1, 0.15) is 16.5 Å². The molecule has 2 aliphatic rings. The number of aliphatic hydroxyl groups excluding tert-OH is 1. The van der Waals surface area contributed by atoms with Gasteiger partial charge in [0.2, 0.25) is 5.43 Å². The lowest BCUT2D eigenvalue weighted by molar-refractivity contribution is -0.000515. The first-order valence-corrected chi connectivity index (χ1v) is 11.8. The highest BCUT2D eigenvalue weighted by molar-refractivity contribution is 7.14. The maximum atomic E-state index is 13.2. The topological polar surface area (TPSA) is 112 Å². The third-order valence-corrected chi connectivity index (χ3v) is 7.90. The fraction of sp³-hybridized carbons (Fsp3) is 0.391. The predicted octanol–water partition coefficient (Wildman–Crippen LogP) is 2.09. The Kier molecular flexibility index (Phi) is 5.40. The van der Waals surface area contributed by atoms with Crippen molar-refractivity contribution in [2.45, 2.75) is 43.9 Å². The number of amides is 1. The van der Waals surface area contributed by atoms with Crippen molar-refractivity contribution < 1.29 is 19.4 Å². The minimum Gasteiger partial charge on any atom is -0.502 e. The Hall–Kier alpha value is -3.31. The Morgan fingerprint density at radius 3 is 2.50 bits per heavy atom. The van der Waals surface area contributed by atoms with Gasteiger partial charge >= 0.3 is 0 Å². The fourth-order valence-electron chi connectivity index (χ4n) is 4.88. The fourth-order valence-corrected chi connectivity index (χ4v) is 5.76. The number of rotatable bonds is 3. The summed E-state index contributed by atoms with van der Waals surface area (Å²) in [5.74, 6) is -1.42. The van der Waals surface area contributed by atoms with Crippen molar-refractivity contribution >= 4 is 17.2 Å². The predicted molar refractivity (Wildman–Crippen MR) is 124 cm³/mol. The molecule has 1 fully saturated rings. The van der Waals surface area contributed by atoms with Crippen LogP contribution < -0.4 is 10.4 Å². The molecule has 0 saturated heterocycles. The van der Waals surface area contributed by atoms with Gasteiger partial charge in [-0.25, -0.2) is 4.39 Å². The quantitative estimate of drug-likeness (QED) is 0.584. The number of aromatic hydroxyl groups is 1. The van der Waals surface area contributed by atoms with Gasteiger partial charge in [0.15, 0.2) is 16.5 Å². The van der Waals surface area contributed by atoms with Crippen molar-refractivity contribution in [3.8, 4) is 16.3 Å². The Labute approximate surface area is 198 Å². The van der Waals surface area contributed by atoms with Crippen LogP contribution in [0, 0.1) is 5.82 Å². The molecule has 0 bridgehead atoms. The molecule has 5 rings (SSSR count). The SMILES string of the molecule is CN1C(=O)c2c(O)c(=O)c(-c3nnc(Cc4ccc(F)cc4)s3)cn2N(C)C12CCC(O)CC2. The first-order chi connectivity index (χ1) is 16.2. The van der Waals surface area contributed by atoms with Crippen molar-refractivity contribution in [2.75, 3.05) is 19.1 Å². The monoisotopic (exact) mass is 485 g/mol. The number of carbonyl (C=O) groups is 1. The second kappa shape index (κ2) is 8.17. The van der Waals surface area contributed by atoms with E-state index in [0.717, 1.165) is 5.56 Å². The molecule has 3 aromatic rings. The minimum atomic E-state index is -0.694. The van der Waals surface area contributed by atoms with Crippen LogP contribution in [0.4, 0.5) is 4.39 Å². The number of halogens is 1. The van der Waals surface area contributed by atoms with Gasteiger partial charge in [-0.1, -0.05) is 23.5 Å². The van der Waals surface area contributed by atoms with Crippen LogP contribution in [0.25, 0.3) is 10.6 Å². The van der Waals surface area contributed by atoms with E-state index in [1.54, 1.807) is 31.1 Å². The molecule has 2 aromatic heterocycles. The van der Waals surface area contributed by atoms with Crippen molar-refractivity contribution in [2.24, 2.45) is 0 Å². The molecule has 1 saturated carbocycles. The number of aliphatic hydroxyl groups is 1. The molecule has 1 aliphatic carbocycles. The molecule has 1 amide bonds. The van der Waals surface area contributed by atoms with Crippen LogP contribution in [0.1, 0.15) is 46.7 Å². The van der Waals surface area contributed by atoms with E-state index >= 15 is 0 Å². The van der Waals surface area contributed by atoms with E-state index in [1.807, 2.05) is 5.01 Å². The van der Waals surface area contributed by atoms with Gasteiger partial charge in [-0.2, -0.15) is 0 Å². The Morgan fingerprint density at radius 2 is 1.82 bits per heavy atom. The standard InChI is InChI=1S/C23H24FN5O4S/c1-27-22(33)18-20(32)19(31)16(12-29(18)28(2)23(27)9-7-15(30)8-10-23)21-26-25-17(34-21)11-13-3-5-14(24)6-4-13/h3-6,12,15,30,32H,7-11H2,1-2H3. The van der Waals surface area contributed by atoms with Crippen molar-refractivity contribution in [3.05, 3.63) is 62.8 Å². The van der Waals surface area contributed by atoms with Gasteiger partial charge in [-0.15, -0.1) is 10.2 Å². The van der Waals surface area contributed by atoms with Crippen LogP contribution in [0.5, 0.6) is 5.75 Å². The molecule has 2 N–H and O–H groups in total. The van der Waals surface area contributed by atoms with Gasteiger partial charge in [0, 0.05) is 26.7 Å². The largest absolute Gasteiger partial charge is 0.502 e. The lowest BCUT2D eigenvalue weighted by atomic mass is 9.84. The lowest BCUT2D eigenvalue weighted by Crippen LogP contribution is -2.69. The summed E-state index contributed by atoms with van der Waals surface area (Å²) in [5, 5.41) is 31.9. The van der Waals surface area contributed by atoms with Crippen LogP contribution in [0.3, 0.4) is 0 Å². The Morgan fingerprint density at radius 1 is 1.15 bits per heavy atom. The highest BCUT2D eigenvalue weighted by atomic mass is 32.1. The number of hydrogen-bond acceptors (Lipinski definition) is 8. The smallest absolute Gasteiger partial charge is 0.278 e. The van der Waals surface area contributed by atoms with Gasteiger partial charge in [-0.3, -0.25) is 19.3 Å². The van der Waals surface area contributed by atoms with E-state index in [9.17, 15) is 24.2 Å². The van der Waals surface area contributed by atoms with Crippen LogP contribution in [-0.4, -0.2) is 61.8 Å². The van der Waals surface area contributed by atoms with Crippen molar-refractivity contribution in [1.82, 2.24) is 19.8 Å². The van der Waals surface area contributed by atoms with E-state index in [-0.39, 0.29) is 17.1 Å². The number of pyridine rings is 1. The van der Waals surface area contributed by atoms with E-state index < -0.39 is 28.9 Å². The maximum absolute atomic E-state index is 13.2. The second-order valence-corrected chi connectivity index (χ2v) is 9.88. The molecule has 34 heavy (non-hydrogen) atoms. The van der Waals surface area contributed by atoms with Crippen molar-refractivity contribution in [1.29, 1.82) is 0 Å². The van der Waals surface area contributed by atoms with Gasteiger partial charge in [0.25, 0.3) is 5.91 Å². The number of nitrogens with zero attached hydrogens (tertiary/aromatic N) is 5.